The van der Waals surface area contributed by atoms with Gasteiger partial charge in [-0.25, -0.2) is 58.3 Å². The number of nitrogens with zero attached hydrogens (tertiary/aromatic N) is 15. The van der Waals surface area contributed by atoms with Gasteiger partial charge in [0.25, 0.3) is 0 Å². The molecule has 3 aliphatic heterocycles. The number of carbonyl (C=O) groups is 9. The third-order valence-electron chi connectivity index (χ3n) is 21.8. The van der Waals surface area contributed by atoms with E-state index in [4.69, 9.17) is 53.2 Å². The standard InChI is InChI=1S/C34H36N6O6.C31H32N6O6.C29H28N6O6/c1-2-28(41)39-19-9-12-25(20-39)40-32-29(30(38-40)23-15-17-27(18-16-23)46-26-13-7-4-8-14-26)31(35-21-36-32)37-34(43)45-22-44-33(42)24-10-5-3-6-11-24;1-4-25(38)36-16-8-9-22(17-36)37-29-26(28(32-18-33-29)34-31(40)42-19-41-30(39)20(2)3)27(35-37)21-12-14-24(15-13-21)43-23-10-6-5-7-11-23;1-3-24(37)34-15-7-8-21(16-34)35-28-25(27(30-17-31-28)32-29(38)40-18-39-19(2)36)26(33-35)20-11-13-23(14-12-20)41-22-9-5-4-6-10-22/h2,4,7-8,13-18,21,24-25H,1,3,5-6,9-12,19-20,22H2,(H,35,36,37,43);4-7,10-15,18,20,22H,1,8-9,16-17,19H2,2-3H3,(H,32,33,34,40);3-6,9-14,17,21H,1,7-8,15-16,18H2,2H3,(H,30,31,32,38)/t25-;22-;21-/m111/s1. The molecule has 0 radical (unpaired) electrons. The van der Waals surface area contributed by atoms with Crippen molar-refractivity contribution in [1.82, 2.24) is 73.9 Å². The number of rotatable bonds is 26. The number of nitrogens with one attached hydrogen (secondary N) is 3. The molecule has 4 fully saturated rings. The summed E-state index contributed by atoms with van der Waals surface area (Å²) in [6.07, 6.45) is 14.7. The monoisotopic (exact) mass is 1760 g/mol. The maximum atomic E-state index is 12.9. The highest BCUT2D eigenvalue weighted by Gasteiger charge is 2.34. The second-order valence-corrected chi connectivity index (χ2v) is 30.9. The fourth-order valence-corrected chi connectivity index (χ4v) is 15.4. The molecule has 6 aromatic carbocycles. The minimum atomic E-state index is -0.864. The van der Waals surface area contributed by atoms with E-state index in [0.29, 0.717) is 124 Å². The van der Waals surface area contributed by atoms with Crippen molar-refractivity contribution in [1.29, 1.82) is 0 Å². The molecule has 670 valence electrons. The van der Waals surface area contributed by atoms with Crippen molar-refractivity contribution >= 4 is 104 Å². The van der Waals surface area contributed by atoms with Gasteiger partial charge in [0, 0.05) is 62.9 Å². The SMILES string of the molecule is C=CC(=O)N1CCC[C@@H](n2nc(-c3ccc(Oc4ccccc4)cc3)c3c(NC(=O)OCOC(=O)C(C)C)ncnc32)C1.C=CC(=O)N1CCC[C@@H](n2nc(-c3ccc(Oc4ccccc4)cc3)c3c(NC(=O)OCOC(=O)C4CCCCC4)ncnc32)C1.C=CC(=O)N1CCC[C@@H](n2nc(-c3ccc(Oc4ccccc4)cc3)c3c(NC(=O)OCOC(C)=O)ncnc32)C1. The highest BCUT2D eigenvalue weighted by Crippen LogP contribution is 2.41. The lowest BCUT2D eigenvalue weighted by molar-refractivity contribution is -0.158. The lowest BCUT2D eigenvalue weighted by Crippen LogP contribution is -2.40. The Labute approximate surface area is 746 Å². The number of likely N-dealkylation sites (tertiary alicyclic amines) is 3. The van der Waals surface area contributed by atoms with Gasteiger partial charge < -0.3 is 57.3 Å². The summed E-state index contributed by atoms with van der Waals surface area (Å²) in [4.78, 5) is 142. The van der Waals surface area contributed by atoms with Crippen molar-refractivity contribution in [2.24, 2.45) is 11.8 Å². The molecule has 130 heavy (non-hydrogen) atoms. The van der Waals surface area contributed by atoms with E-state index in [0.717, 1.165) is 87.3 Å². The molecule has 4 aliphatic rings. The molecule has 0 bridgehead atoms. The van der Waals surface area contributed by atoms with Crippen LogP contribution in [0.1, 0.15) is 110 Å². The predicted molar refractivity (Wildman–Crippen MR) is 477 cm³/mol. The molecule has 0 spiro atoms. The molecule has 16 rings (SSSR count). The van der Waals surface area contributed by atoms with E-state index in [1.807, 2.05) is 164 Å². The number of hydrogen-bond acceptors (Lipinski definition) is 27. The summed E-state index contributed by atoms with van der Waals surface area (Å²) in [5, 5.41) is 24.2. The number of aromatic nitrogens is 12. The third kappa shape index (κ3) is 22.9. The average molecular weight is 1770 g/mol. The molecule has 3 atom stereocenters. The lowest BCUT2D eigenvalue weighted by atomic mass is 9.89. The van der Waals surface area contributed by atoms with Crippen LogP contribution in [0.15, 0.2) is 221 Å². The zero-order valence-electron chi connectivity index (χ0n) is 71.8. The number of carbonyl (C=O) groups excluding carboxylic acids is 9. The van der Waals surface area contributed by atoms with E-state index >= 15 is 0 Å². The molecule has 6 amide bonds. The van der Waals surface area contributed by atoms with Crippen LogP contribution in [0, 0.1) is 11.8 Å². The highest BCUT2D eigenvalue weighted by atomic mass is 16.7. The molecule has 9 heterocycles. The smallest absolute Gasteiger partial charge is 0.415 e. The van der Waals surface area contributed by atoms with E-state index in [9.17, 15) is 43.2 Å². The Morgan fingerprint density at radius 3 is 0.992 bits per heavy atom. The van der Waals surface area contributed by atoms with Crippen molar-refractivity contribution in [2.75, 3.05) is 75.6 Å². The van der Waals surface area contributed by atoms with Crippen LogP contribution in [0.2, 0.25) is 0 Å². The zero-order valence-corrected chi connectivity index (χ0v) is 71.8. The summed E-state index contributed by atoms with van der Waals surface area (Å²) in [5.41, 5.74) is 5.24. The van der Waals surface area contributed by atoms with Crippen LogP contribution in [0.25, 0.3) is 66.9 Å². The molecule has 6 aromatic heterocycles. The summed E-state index contributed by atoms with van der Waals surface area (Å²) in [7, 11) is 0. The van der Waals surface area contributed by atoms with Crippen LogP contribution in [0.3, 0.4) is 0 Å². The van der Waals surface area contributed by atoms with Gasteiger partial charge in [0.05, 0.1) is 46.1 Å². The Balaban J connectivity index is 0.000000158. The summed E-state index contributed by atoms with van der Waals surface area (Å²) in [6.45, 7) is 17.0. The first kappa shape index (κ1) is 90.5. The first-order valence-electron chi connectivity index (χ1n) is 42.5. The Hall–Kier alpha value is -15.8. The normalized spacial score (nSPS) is 15.5. The van der Waals surface area contributed by atoms with E-state index in [1.165, 1.54) is 44.1 Å². The molecule has 36 nitrogen and oxygen atoms in total. The number of para-hydroxylation sites is 3. The maximum Gasteiger partial charge on any atom is 0.415 e. The van der Waals surface area contributed by atoms with Crippen LogP contribution in [0.4, 0.5) is 31.8 Å². The fourth-order valence-electron chi connectivity index (χ4n) is 15.4. The van der Waals surface area contributed by atoms with Crippen LogP contribution in [-0.4, -0.2) is 188 Å². The molecule has 0 unspecified atom stereocenters. The third-order valence-corrected chi connectivity index (χ3v) is 21.8. The number of amides is 6. The number of fused-ring (bicyclic) bond motifs is 3. The number of ether oxygens (including phenoxy) is 9. The van der Waals surface area contributed by atoms with Gasteiger partial charge in [0.1, 0.15) is 70.6 Å². The minimum absolute atomic E-state index is 0.140. The molecule has 36 heteroatoms. The summed E-state index contributed by atoms with van der Waals surface area (Å²) >= 11 is 0. The molecule has 3 saturated heterocycles. The van der Waals surface area contributed by atoms with E-state index in [1.54, 1.807) is 42.6 Å². The van der Waals surface area contributed by atoms with Crippen LogP contribution < -0.4 is 30.2 Å². The molecule has 3 N–H and O–H groups in total. The van der Waals surface area contributed by atoms with Gasteiger partial charge in [-0.1, -0.05) is 107 Å². The van der Waals surface area contributed by atoms with Gasteiger partial charge in [0.2, 0.25) is 38.1 Å². The second-order valence-electron chi connectivity index (χ2n) is 30.9. The number of esters is 3. The van der Waals surface area contributed by atoms with Gasteiger partial charge >= 0.3 is 36.2 Å². The van der Waals surface area contributed by atoms with Gasteiger partial charge in [-0.2, -0.15) is 15.3 Å². The van der Waals surface area contributed by atoms with Gasteiger partial charge in [-0.15, -0.1) is 0 Å². The van der Waals surface area contributed by atoms with Gasteiger partial charge in [-0.05, 0) is 179 Å². The van der Waals surface area contributed by atoms with Crippen molar-refractivity contribution < 1.29 is 85.8 Å². The van der Waals surface area contributed by atoms with Crippen molar-refractivity contribution in [3.05, 3.63) is 221 Å². The quantitative estimate of drug-likeness (QED) is 0.0196. The Morgan fingerprint density at radius 1 is 0.377 bits per heavy atom. The highest BCUT2D eigenvalue weighted by molar-refractivity contribution is 6.06. The first-order chi connectivity index (χ1) is 63.3. The second kappa shape index (κ2) is 43.4. The Bertz CT molecular complexity index is 6050. The van der Waals surface area contributed by atoms with Crippen molar-refractivity contribution in [3.63, 3.8) is 0 Å². The molecule has 1 saturated carbocycles. The van der Waals surface area contributed by atoms with E-state index in [2.05, 4.69) is 70.3 Å². The van der Waals surface area contributed by atoms with Crippen LogP contribution in [0.5, 0.6) is 34.5 Å². The largest absolute Gasteiger partial charge is 0.457 e. The predicted octanol–water partition coefficient (Wildman–Crippen LogP) is 16.3. The van der Waals surface area contributed by atoms with Crippen molar-refractivity contribution in [2.45, 2.75) is 110 Å². The molecular weight excluding hydrogens is 1670 g/mol. The van der Waals surface area contributed by atoms with Crippen molar-refractivity contribution in [3.8, 4) is 68.3 Å². The van der Waals surface area contributed by atoms with Gasteiger partial charge in [-0.3, -0.25) is 44.7 Å². The van der Waals surface area contributed by atoms with E-state index in [-0.39, 0.29) is 71.1 Å². The van der Waals surface area contributed by atoms with E-state index < -0.39 is 50.6 Å². The number of benzene rings is 6. The summed E-state index contributed by atoms with van der Waals surface area (Å²) in [5.74, 6) is 2.21. The number of hydrogen-bond donors (Lipinski definition) is 3. The molecule has 12 aromatic rings. The van der Waals surface area contributed by atoms with Gasteiger partial charge in [0.15, 0.2) is 34.4 Å². The number of anilines is 3. The zero-order chi connectivity index (χ0) is 91.0. The lowest BCUT2D eigenvalue weighted by Gasteiger charge is -2.32. The molecule has 1 aliphatic carbocycles. The fraction of sp³-hybridized carbons (Fsp3) is 0.298. The Kier molecular flexibility index (Phi) is 30.2. The van der Waals surface area contributed by atoms with Crippen LogP contribution in [-0.2, 0) is 57.2 Å². The number of piperidine rings is 3. The average Bonchev–Trinajstić information content (AvgIpc) is 1.62. The topological polar surface area (TPSA) is 413 Å². The first-order valence-corrected chi connectivity index (χ1v) is 42.5. The summed E-state index contributed by atoms with van der Waals surface area (Å²) < 4.78 is 53.3. The Morgan fingerprint density at radius 2 is 0.685 bits per heavy atom. The maximum absolute atomic E-state index is 12.9. The van der Waals surface area contributed by atoms with Crippen LogP contribution >= 0.6 is 0 Å². The molecular formula is C94H96N18O18. The minimum Gasteiger partial charge on any atom is -0.457 e. The summed E-state index contributed by atoms with van der Waals surface area (Å²) in [6, 6.07) is 50.0.